The zero-order chi connectivity index (χ0) is 23.1. The molecule has 0 aliphatic heterocycles. The van der Waals surface area contributed by atoms with Crippen LogP contribution in [0.2, 0.25) is 0 Å². The van der Waals surface area contributed by atoms with Gasteiger partial charge in [-0.3, -0.25) is 14.2 Å². The molecule has 0 atom stereocenters. The Morgan fingerprint density at radius 3 is 2.18 bits per heavy atom. The fourth-order valence-electron chi connectivity index (χ4n) is 3.78. The van der Waals surface area contributed by atoms with Gasteiger partial charge >= 0.3 is 0 Å². The van der Waals surface area contributed by atoms with Crippen molar-refractivity contribution < 1.29 is 13.9 Å². The van der Waals surface area contributed by atoms with Gasteiger partial charge in [-0.15, -0.1) is 0 Å². The molecule has 164 valence electrons. The van der Waals surface area contributed by atoms with Crippen LogP contribution in [0.25, 0.3) is 39.1 Å². The zero-order valence-electron chi connectivity index (χ0n) is 18.3. The van der Waals surface area contributed by atoms with Crippen molar-refractivity contribution in [1.82, 2.24) is 9.55 Å². The molecular weight excluding hydrogens is 420 g/mol. The maximum absolute atomic E-state index is 13.7. The highest BCUT2D eigenvalue weighted by Crippen LogP contribution is 2.26. The zero-order valence-corrected chi connectivity index (χ0v) is 18.3. The van der Waals surface area contributed by atoms with Gasteiger partial charge < -0.3 is 13.9 Å². The Morgan fingerprint density at radius 2 is 1.52 bits per heavy atom. The van der Waals surface area contributed by atoms with Gasteiger partial charge in [0.15, 0.2) is 11.2 Å². The third-order valence-electron chi connectivity index (χ3n) is 5.56. The van der Waals surface area contributed by atoms with Crippen molar-refractivity contribution in [2.75, 3.05) is 14.2 Å². The molecular formula is C26H20N2O5. The molecule has 0 aliphatic rings. The smallest absolute Gasteiger partial charge is 0.273 e. The molecule has 33 heavy (non-hydrogen) atoms. The molecule has 5 rings (SSSR count). The summed E-state index contributed by atoms with van der Waals surface area (Å²) in [7, 11) is 3.11. The average molecular weight is 440 g/mol. The van der Waals surface area contributed by atoms with Crippen LogP contribution in [0.3, 0.4) is 0 Å². The lowest BCUT2D eigenvalue weighted by molar-refractivity contribution is 0.414. The van der Waals surface area contributed by atoms with Crippen molar-refractivity contribution >= 4 is 22.1 Å². The number of aromatic nitrogens is 2. The first-order valence-corrected chi connectivity index (χ1v) is 10.3. The number of fused-ring (bicyclic) bond motifs is 2. The van der Waals surface area contributed by atoms with E-state index in [-0.39, 0.29) is 16.5 Å². The van der Waals surface area contributed by atoms with Crippen molar-refractivity contribution in [2.24, 2.45) is 0 Å². The molecule has 0 bridgehead atoms. The van der Waals surface area contributed by atoms with Crippen LogP contribution in [0, 0.1) is 6.92 Å². The van der Waals surface area contributed by atoms with Crippen molar-refractivity contribution in [1.29, 1.82) is 0 Å². The van der Waals surface area contributed by atoms with Gasteiger partial charge in [-0.05, 0) is 55.5 Å². The second-order valence-electron chi connectivity index (χ2n) is 7.61. The van der Waals surface area contributed by atoms with Crippen LogP contribution in [-0.2, 0) is 0 Å². The van der Waals surface area contributed by atoms with Gasteiger partial charge in [0, 0.05) is 11.6 Å². The standard InChI is InChI=1S/C26H20N2O5/c1-15-4-8-17(9-5-15)28-24(16-6-10-18(31-2)11-7-16)27-25-22(26(28)30)23(29)20-13-12-19(32-3)14-21(20)33-25/h4-14H,1-3H3. The summed E-state index contributed by atoms with van der Waals surface area (Å²) in [6.07, 6.45) is 0. The maximum atomic E-state index is 13.7. The largest absolute Gasteiger partial charge is 0.497 e. The highest BCUT2D eigenvalue weighted by molar-refractivity contribution is 5.89. The Labute approximate surface area is 188 Å². The second-order valence-corrected chi connectivity index (χ2v) is 7.61. The summed E-state index contributed by atoms with van der Waals surface area (Å²) in [4.78, 5) is 31.7. The summed E-state index contributed by atoms with van der Waals surface area (Å²) in [5, 5.41) is 0.181. The number of rotatable bonds is 4. The first-order valence-electron chi connectivity index (χ1n) is 10.3. The highest BCUT2D eigenvalue weighted by atomic mass is 16.5. The molecule has 5 aromatic rings. The summed E-state index contributed by atoms with van der Waals surface area (Å²) in [6.45, 7) is 1.96. The molecule has 0 radical (unpaired) electrons. The summed E-state index contributed by atoms with van der Waals surface area (Å²) in [5.74, 6) is 1.56. The molecule has 7 heteroatoms. The Morgan fingerprint density at radius 1 is 0.848 bits per heavy atom. The molecule has 0 saturated heterocycles. The quantitative estimate of drug-likeness (QED) is 0.383. The van der Waals surface area contributed by atoms with E-state index in [0.717, 1.165) is 5.56 Å². The van der Waals surface area contributed by atoms with Gasteiger partial charge in [0.05, 0.1) is 25.3 Å². The highest BCUT2D eigenvalue weighted by Gasteiger charge is 2.20. The van der Waals surface area contributed by atoms with Gasteiger partial charge in [0.2, 0.25) is 11.1 Å². The monoisotopic (exact) mass is 440 g/mol. The molecule has 0 amide bonds. The van der Waals surface area contributed by atoms with Crippen LogP contribution in [-0.4, -0.2) is 23.8 Å². The first-order chi connectivity index (χ1) is 16.0. The van der Waals surface area contributed by atoms with Crippen molar-refractivity contribution in [3.8, 4) is 28.6 Å². The summed E-state index contributed by atoms with van der Waals surface area (Å²) >= 11 is 0. The molecule has 0 spiro atoms. The van der Waals surface area contributed by atoms with Crippen LogP contribution in [0.5, 0.6) is 11.5 Å². The van der Waals surface area contributed by atoms with Gasteiger partial charge in [-0.25, -0.2) is 0 Å². The van der Waals surface area contributed by atoms with E-state index in [1.54, 1.807) is 49.6 Å². The molecule has 7 nitrogen and oxygen atoms in total. The molecule has 2 heterocycles. The van der Waals surface area contributed by atoms with Crippen LogP contribution < -0.4 is 20.5 Å². The molecule has 0 saturated carbocycles. The van der Waals surface area contributed by atoms with E-state index < -0.39 is 11.0 Å². The predicted octanol–water partition coefficient (Wildman–Crippen LogP) is 4.48. The van der Waals surface area contributed by atoms with Crippen molar-refractivity contribution in [3.05, 3.63) is 92.9 Å². The van der Waals surface area contributed by atoms with E-state index >= 15 is 0 Å². The number of hydrogen-bond acceptors (Lipinski definition) is 6. The second kappa shape index (κ2) is 7.94. The lowest BCUT2D eigenvalue weighted by atomic mass is 10.1. The number of ether oxygens (including phenoxy) is 2. The van der Waals surface area contributed by atoms with Crippen molar-refractivity contribution in [2.45, 2.75) is 6.92 Å². The number of methoxy groups -OCH3 is 2. The molecule has 2 aromatic heterocycles. The Bertz CT molecular complexity index is 1610. The normalized spacial score (nSPS) is 11.1. The average Bonchev–Trinajstić information content (AvgIpc) is 2.84. The van der Waals surface area contributed by atoms with E-state index in [2.05, 4.69) is 4.98 Å². The van der Waals surface area contributed by atoms with Crippen LogP contribution in [0.15, 0.2) is 80.7 Å². The number of nitrogens with zero attached hydrogens (tertiary/aromatic N) is 2. The summed E-state index contributed by atoms with van der Waals surface area (Å²) < 4.78 is 17.9. The van der Waals surface area contributed by atoms with Crippen LogP contribution >= 0.6 is 0 Å². The van der Waals surface area contributed by atoms with E-state index in [9.17, 15) is 9.59 Å². The van der Waals surface area contributed by atoms with Gasteiger partial charge in [0.25, 0.3) is 5.56 Å². The van der Waals surface area contributed by atoms with Crippen LogP contribution in [0.4, 0.5) is 0 Å². The van der Waals surface area contributed by atoms with Gasteiger partial charge in [0.1, 0.15) is 17.1 Å². The predicted molar refractivity (Wildman–Crippen MR) is 127 cm³/mol. The molecule has 0 aliphatic carbocycles. The number of benzene rings is 3. The van der Waals surface area contributed by atoms with E-state index in [0.29, 0.717) is 34.2 Å². The fraction of sp³-hybridized carbons (Fsp3) is 0.115. The topological polar surface area (TPSA) is 83.6 Å². The minimum atomic E-state index is -0.499. The van der Waals surface area contributed by atoms with E-state index in [1.165, 1.54) is 11.7 Å². The Hall–Kier alpha value is -4.39. The lowest BCUT2D eigenvalue weighted by Gasteiger charge is -2.14. The minimum absolute atomic E-state index is 0.0278. The van der Waals surface area contributed by atoms with Crippen LogP contribution in [0.1, 0.15) is 5.56 Å². The third kappa shape index (κ3) is 3.43. The molecule has 0 unspecified atom stereocenters. The first kappa shape index (κ1) is 20.5. The van der Waals surface area contributed by atoms with Gasteiger partial charge in [-0.2, -0.15) is 4.98 Å². The number of hydrogen-bond donors (Lipinski definition) is 0. The van der Waals surface area contributed by atoms with E-state index in [1.807, 2.05) is 31.2 Å². The third-order valence-corrected chi connectivity index (χ3v) is 5.56. The summed E-state index contributed by atoms with van der Waals surface area (Å²) in [5.41, 5.74) is 1.65. The lowest BCUT2D eigenvalue weighted by Crippen LogP contribution is -2.26. The van der Waals surface area contributed by atoms with Gasteiger partial charge in [-0.1, -0.05) is 17.7 Å². The summed E-state index contributed by atoms with van der Waals surface area (Å²) in [6, 6.07) is 19.5. The SMILES string of the molecule is COc1ccc(-c2nc3oc4cc(OC)ccc4c(=O)c3c(=O)n2-c2ccc(C)cc2)cc1. The Balaban J connectivity index is 1.90. The van der Waals surface area contributed by atoms with Crippen molar-refractivity contribution in [3.63, 3.8) is 0 Å². The minimum Gasteiger partial charge on any atom is -0.497 e. The maximum Gasteiger partial charge on any atom is 0.273 e. The molecule has 3 aromatic carbocycles. The Kier molecular flexibility index (Phi) is 4.94. The van der Waals surface area contributed by atoms with E-state index in [4.69, 9.17) is 13.9 Å². The molecule has 0 fully saturated rings. The number of aryl methyl sites for hydroxylation is 1. The fourth-order valence-corrected chi connectivity index (χ4v) is 3.78. The molecule has 0 N–H and O–H groups in total.